The molecule has 2 N–H and O–H groups in total. The molecule has 0 saturated carbocycles. The number of nitrogens with two attached hydrogens (primary N) is 1. The summed E-state index contributed by atoms with van der Waals surface area (Å²) in [5.74, 6) is 1.24. The summed E-state index contributed by atoms with van der Waals surface area (Å²) in [4.78, 5) is 4.51. The van der Waals surface area contributed by atoms with Crippen LogP contribution in [0.3, 0.4) is 0 Å². The van der Waals surface area contributed by atoms with E-state index < -0.39 is 0 Å². The van der Waals surface area contributed by atoms with Crippen LogP contribution in [0.15, 0.2) is 18.2 Å². The van der Waals surface area contributed by atoms with Crippen molar-refractivity contribution in [2.45, 2.75) is 40.2 Å². The van der Waals surface area contributed by atoms with Crippen molar-refractivity contribution in [3.05, 3.63) is 35.4 Å². The Morgan fingerprint density at radius 2 is 2.05 bits per heavy atom. The summed E-state index contributed by atoms with van der Waals surface area (Å²) in [5, 5.41) is 0. The topological polar surface area (TPSA) is 43.8 Å². The first-order valence-electron chi connectivity index (χ1n) is 6.63. The van der Waals surface area contributed by atoms with E-state index in [0.717, 1.165) is 36.3 Å². The summed E-state index contributed by atoms with van der Waals surface area (Å²) in [6.07, 6.45) is 2.16. The fourth-order valence-corrected chi connectivity index (χ4v) is 2.23. The molecule has 0 fully saturated rings. The molecule has 0 aliphatic rings. The number of hydrogen-bond acceptors (Lipinski definition) is 2. The average molecular weight is 261 g/mol. The van der Waals surface area contributed by atoms with Gasteiger partial charge in [0.25, 0.3) is 0 Å². The molecule has 0 amide bonds. The zero-order valence-electron chi connectivity index (χ0n) is 11.7. The van der Waals surface area contributed by atoms with Gasteiger partial charge >= 0.3 is 0 Å². The van der Waals surface area contributed by atoms with Crippen LogP contribution in [0.1, 0.15) is 31.2 Å². The van der Waals surface area contributed by atoms with Crippen LogP contribution in [0.4, 0.5) is 10.2 Å². The number of aromatic nitrogens is 2. The molecule has 4 heteroatoms. The van der Waals surface area contributed by atoms with Gasteiger partial charge in [-0.15, -0.1) is 0 Å². The maximum absolute atomic E-state index is 13.4. The molecular formula is C15H20FN3. The summed E-state index contributed by atoms with van der Waals surface area (Å²) in [5.41, 5.74) is 8.61. The zero-order chi connectivity index (χ0) is 14.0. The monoisotopic (exact) mass is 261 g/mol. The van der Waals surface area contributed by atoms with Crippen LogP contribution in [0.5, 0.6) is 0 Å². The molecule has 0 spiro atoms. The highest BCUT2D eigenvalue weighted by atomic mass is 19.1. The Morgan fingerprint density at radius 1 is 1.32 bits per heavy atom. The van der Waals surface area contributed by atoms with Gasteiger partial charge in [-0.3, -0.25) is 0 Å². The summed E-state index contributed by atoms with van der Waals surface area (Å²) in [7, 11) is 0. The third-order valence-corrected chi connectivity index (χ3v) is 3.39. The summed E-state index contributed by atoms with van der Waals surface area (Å²) in [6, 6.07) is 4.71. The Morgan fingerprint density at radius 3 is 2.74 bits per heavy atom. The molecule has 0 aliphatic heterocycles. The van der Waals surface area contributed by atoms with E-state index in [0.29, 0.717) is 11.5 Å². The van der Waals surface area contributed by atoms with Crippen LogP contribution in [-0.2, 0) is 6.54 Å². The number of hydrogen-bond donors (Lipinski definition) is 1. The van der Waals surface area contributed by atoms with Crippen molar-refractivity contribution in [1.82, 2.24) is 9.55 Å². The quantitative estimate of drug-likeness (QED) is 0.912. The SMILES string of the molecule is CCCCn1c(C)nc(-c2cc(F)ccc2C)c1N. The minimum Gasteiger partial charge on any atom is -0.383 e. The predicted molar refractivity (Wildman–Crippen MR) is 76.4 cm³/mol. The highest BCUT2D eigenvalue weighted by Crippen LogP contribution is 2.29. The van der Waals surface area contributed by atoms with Gasteiger partial charge in [-0.2, -0.15) is 0 Å². The van der Waals surface area contributed by atoms with E-state index in [2.05, 4.69) is 11.9 Å². The van der Waals surface area contributed by atoms with Gasteiger partial charge in [0.2, 0.25) is 0 Å². The number of nitrogen functional groups attached to an aromatic ring is 1. The zero-order valence-corrected chi connectivity index (χ0v) is 11.7. The van der Waals surface area contributed by atoms with Crippen molar-refractivity contribution in [3.63, 3.8) is 0 Å². The van der Waals surface area contributed by atoms with Crippen molar-refractivity contribution < 1.29 is 4.39 Å². The van der Waals surface area contributed by atoms with Gasteiger partial charge in [0, 0.05) is 12.1 Å². The number of aryl methyl sites for hydroxylation is 2. The molecule has 19 heavy (non-hydrogen) atoms. The second kappa shape index (κ2) is 5.43. The van der Waals surface area contributed by atoms with Crippen molar-refractivity contribution in [3.8, 4) is 11.3 Å². The van der Waals surface area contributed by atoms with Crippen LogP contribution in [0.2, 0.25) is 0 Å². The second-order valence-electron chi connectivity index (χ2n) is 4.86. The Labute approximate surface area is 113 Å². The van der Waals surface area contributed by atoms with Crippen molar-refractivity contribution >= 4 is 5.82 Å². The van der Waals surface area contributed by atoms with E-state index in [1.807, 2.05) is 18.4 Å². The van der Waals surface area contributed by atoms with Crippen LogP contribution in [0.25, 0.3) is 11.3 Å². The van der Waals surface area contributed by atoms with Gasteiger partial charge < -0.3 is 10.3 Å². The molecule has 1 aromatic heterocycles. The molecule has 0 radical (unpaired) electrons. The lowest BCUT2D eigenvalue weighted by molar-refractivity contribution is 0.622. The Balaban J connectivity index is 2.48. The first-order valence-corrected chi connectivity index (χ1v) is 6.63. The number of anilines is 1. The molecule has 2 rings (SSSR count). The van der Waals surface area contributed by atoms with Crippen LogP contribution in [-0.4, -0.2) is 9.55 Å². The first-order chi connectivity index (χ1) is 9.04. The lowest BCUT2D eigenvalue weighted by Gasteiger charge is -2.07. The normalized spacial score (nSPS) is 10.9. The molecule has 3 nitrogen and oxygen atoms in total. The van der Waals surface area contributed by atoms with Gasteiger partial charge in [-0.1, -0.05) is 19.4 Å². The van der Waals surface area contributed by atoms with Crippen molar-refractivity contribution in [2.75, 3.05) is 5.73 Å². The van der Waals surface area contributed by atoms with E-state index in [4.69, 9.17) is 5.73 Å². The Kier molecular flexibility index (Phi) is 3.88. The number of rotatable bonds is 4. The van der Waals surface area contributed by atoms with E-state index in [-0.39, 0.29) is 5.82 Å². The number of nitrogens with zero attached hydrogens (tertiary/aromatic N) is 2. The van der Waals surface area contributed by atoms with Gasteiger partial charge in [0.15, 0.2) is 0 Å². The first kappa shape index (κ1) is 13.6. The van der Waals surface area contributed by atoms with Gasteiger partial charge in [0.1, 0.15) is 23.2 Å². The van der Waals surface area contributed by atoms with Crippen LogP contribution >= 0.6 is 0 Å². The van der Waals surface area contributed by atoms with Gasteiger partial charge in [-0.05, 0) is 38.0 Å². The summed E-state index contributed by atoms with van der Waals surface area (Å²) in [6.45, 7) is 6.87. The van der Waals surface area contributed by atoms with Crippen molar-refractivity contribution in [1.29, 1.82) is 0 Å². The molecular weight excluding hydrogens is 241 g/mol. The molecule has 0 atom stereocenters. The van der Waals surface area contributed by atoms with E-state index in [1.54, 1.807) is 6.07 Å². The number of unbranched alkanes of at least 4 members (excludes halogenated alkanes) is 1. The Bertz CT molecular complexity index is 587. The molecule has 0 bridgehead atoms. The third kappa shape index (κ3) is 2.62. The highest BCUT2D eigenvalue weighted by molar-refractivity contribution is 5.73. The van der Waals surface area contributed by atoms with Crippen LogP contribution in [0, 0.1) is 19.7 Å². The number of imidazole rings is 1. The van der Waals surface area contributed by atoms with E-state index >= 15 is 0 Å². The molecule has 2 aromatic rings. The third-order valence-electron chi connectivity index (χ3n) is 3.39. The molecule has 1 heterocycles. The predicted octanol–water partition coefficient (Wildman–Crippen LogP) is 3.69. The fourth-order valence-electron chi connectivity index (χ4n) is 2.23. The van der Waals surface area contributed by atoms with Crippen LogP contribution < -0.4 is 5.73 Å². The van der Waals surface area contributed by atoms with E-state index in [1.165, 1.54) is 12.1 Å². The molecule has 0 aliphatic carbocycles. The maximum atomic E-state index is 13.4. The minimum atomic E-state index is -0.263. The maximum Gasteiger partial charge on any atom is 0.131 e. The number of halogens is 1. The average Bonchev–Trinajstić information content (AvgIpc) is 2.66. The Hall–Kier alpha value is -1.84. The second-order valence-corrected chi connectivity index (χ2v) is 4.86. The molecule has 1 aromatic carbocycles. The standard InChI is InChI=1S/C15H20FN3/c1-4-5-8-19-11(3)18-14(15(19)17)13-9-12(16)7-6-10(13)2/h6-7,9H,4-5,8,17H2,1-3H3. The van der Waals surface area contributed by atoms with Gasteiger partial charge in [-0.25, -0.2) is 9.37 Å². The molecule has 0 saturated heterocycles. The fraction of sp³-hybridized carbons (Fsp3) is 0.400. The minimum absolute atomic E-state index is 0.263. The lowest BCUT2D eigenvalue weighted by Crippen LogP contribution is -2.05. The lowest BCUT2D eigenvalue weighted by atomic mass is 10.1. The smallest absolute Gasteiger partial charge is 0.131 e. The summed E-state index contributed by atoms with van der Waals surface area (Å²) >= 11 is 0. The summed E-state index contributed by atoms with van der Waals surface area (Å²) < 4.78 is 15.4. The van der Waals surface area contributed by atoms with Crippen molar-refractivity contribution in [2.24, 2.45) is 0 Å². The van der Waals surface area contributed by atoms with E-state index in [9.17, 15) is 4.39 Å². The van der Waals surface area contributed by atoms with Gasteiger partial charge in [0.05, 0.1) is 0 Å². The molecule has 0 unspecified atom stereocenters. The number of benzene rings is 1. The highest BCUT2D eigenvalue weighted by Gasteiger charge is 2.15. The largest absolute Gasteiger partial charge is 0.383 e. The molecule has 102 valence electrons.